The zero-order chi connectivity index (χ0) is 18.5. The highest BCUT2D eigenvalue weighted by Crippen LogP contribution is 2.24. The molecule has 6 heteroatoms. The van der Waals surface area contributed by atoms with Crippen LogP contribution in [0.3, 0.4) is 0 Å². The SMILES string of the molecule is C=C(/N=C\C(=C/C)c1cc(C)c(C)cc1F)C(C)(C)OS(=O)OC. The number of halogens is 1. The van der Waals surface area contributed by atoms with Crippen molar-refractivity contribution in [2.24, 2.45) is 4.99 Å². The van der Waals surface area contributed by atoms with Crippen LogP contribution in [0.1, 0.15) is 37.5 Å². The molecule has 0 aliphatic carbocycles. The first-order valence-electron chi connectivity index (χ1n) is 7.45. The molecule has 132 valence electrons. The van der Waals surface area contributed by atoms with Gasteiger partial charge in [-0.3, -0.25) is 13.4 Å². The number of benzene rings is 1. The molecule has 0 saturated carbocycles. The van der Waals surface area contributed by atoms with Gasteiger partial charge in [-0.25, -0.2) is 4.39 Å². The van der Waals surface area contributed by atoms with Gasteiger partial charge < -0.3 is 0 Å². The van der Waals surface area contributed by atoms with Gasteiger partial charge in [-0.15, -0.1) is 0 Å². The van der Waals surface area contributed by atoms with Crippen LogP contribution in [0.5, 0.6) is 0 Å². The molecule has 1 atom stereocenters. The van der Waals surface area contributed by atoms with Gasteiger partial charge >= 0.3 is 11.4 Å². The molecule has 0 radical (unpaired) electrons. The minimum absolute atomic E-state index is 0.306. The highest BCUT2D eigenvalue weighted by atomic mass is 32.2. The van der Waals surface area contributed by atoms with Gasteiger partial charge in [0.2, 0.25) is 0 Å². The quantitative estimate of drug-likeness (QED) is 0.680. The number of hydrogen-bond acceptors (Lipinski definition) is 4. The Kier molecular flexibility index (Phi) is 7.20. The lowest BCUT2D eigenvalue weighted by atomic mass is 10.00. The lowest BCUT2D eigenvalue weighted by molar-refractivity contribution is 0.145. The summed E-state index contributed by atoms with van der Waals surface area (Å²) >= 11 is -1.89. The van der Waals surface area contributed by atoms with Crippen molar-refractivity contribution in [1.82, 2.24) is 0 Å². The summed E-state index contributed by atoms with van der Waals surface area (Å²) in [4.78, 5) is 4.25. The number of allylic oxidation sites excluding steroid dienone is 2. The van der Waals surface area contributed by atoms with Gasteiger partial charge in [0.05, 0.1) is 12.8 Å². The zero-order valence-corrected chi connectivity index (χ0v) is 15.8. The maximum Gasteiger partial charge on any atom is 0.305 e. The van der Waals surface area contributed by atoms with E-state index in [1.807, 2.05) is 13.8 Å². The first-order valence-corrected chi connectivity index (χ1v) is 8.45. The molecule has 0 amide bonds. The van der Waals surface area contributed by atoms with Crippen LogP contribution in [-0.2, 0) is 19.7 Å². The van der Waals surface area contributed by atoms with Crippen molar-refractivity contribution in [3.63, 3.8) is 0 Å². The van der Waals surface area contributed by atoms with Crippen LogP contribution in [0.4, 0.5) is 4.39 Å². The van der Waals surface area contributed by atoms with Crippen LogP contribution >= 0.6 is 0 Å². The molecule has 0 aliphatic heterocycles. The lowest BCUT2D eigenvalue weighted by Gasteiger charge is -2.22. The third-order valence-electron chi connectivity index (χ3n) is 3.67. The monoisotopic (exact) mass is 353 g/mol. The highest BCUT2D eigenvalue weighted by molar-refractivity contribution is 7.75. The minimum atomic E-state index is -1.89. The van der Waals surface area contributed by atoms with E-state index in [1.54, 1.807) is 32.9 Å². The van der Waals surface area contributed by atoms with Gasteiger partial charge in [-0.2, -0.15) is 4.21 Å². The molecule has 0 bridgehead atoms. The maximum absolute atomic E-state index is 14.2. The van der Waals surface area contributed by atoms with E-state index in [2.05, 4.69) is 15.8 Å². The Morgan fingerprint density at radius 2 is 1.92 bits per heavy atom. The average molecular weight is 353 g/mol. The molecule has 0 aromatic heterocycles. The highest BCUT2D eigenvalue weighted by Gasteiger charge is 2.26. The standard InChI is InChI=1S/C18H24FNO3S/c1-8-15(16-9-12(2)13(3)10-17(16)19)11-20-14(4)18(5,6)23-24(21)22-7/h8-11H,4H2,1-3,5-7H3/b15-8+,20-11-. The molecular formula is C18H24FNO3S. The molecule has 4 nitrogen and oxygen atoms in total. The predicted octanol–water partition coefficient (Wildman–Crippen LogP) is 4.45. The minimum Gasteiger partial charge on any atom is -0.272 e. The topological polar surface area (TPSA) is 47.9 Å². The van der Waals surface area contributed by atoms with Gasteiger partial charge in [0, 0.05) is 11.8 Å². The van der Waals surface area contributed by atoms with E-state index in [1.165, 1.54) is 19.4 Å². The molecule has 0 N–H and O–H groups in total. The lowest BCUT2D eigenvalue weighted by Crippen LogP contribution is -2.27. The van der Waals surface area contributed by atoms with E-state index in [-0.39, 0.29) is 5.82 Å². The summed E-state index contributed by atoms with van der Waals surface area (Å²) in [6, 6.07) is 3.29. The van der Waals surface area contributed by atoms with E-state index in [0.29, 0.717) is 16.8 Å². The summed E-state index contributed by atoms with van der Waals surface area (Å²) in [7, 11) is 1.28. The van der Waals surface area contributed by atoms with Crippen LogP contribution in [0.25, 0.3) is 5.57 Å². The molecule has 1 unspecified atom stereocenters. The molecule has 0 heterocycles. The number of aliphatic imine (C=N–C) groups is 1. The summed E-state index contributed by atoms with van der Waals surface area (Å²) in [5.41, 5.74) is 2.34. The third-order valence-corrected chi connectivity index (χ3v) is 4.50. The Morgan fingerprint density at radius 3 is 2.46 bits per heavy atom. The average Bonchev–Trinajstić information content (AvgIpc) is 2.51. The van der Waals surface area contributed by atoms with E-state index < -0.39 is 17.0 Å². The summed E-state index contributed by atoms with van der Waals surface area (Å²) in [6.45, 7) is 12.8. The second-order valence-electron chi connectivity index (χ2n) is 5.83. The fraction of sp³-hybridized carbons (Fsp3) is 0.389. The number of rotatable bonds is 7. The summed E-state index contributed by atoms with van der Waals surface area (Å²) in [5, 5.41) is 0. The van der Waals surface area contributed by atoms with Crippen molar-refractivity contribution in [1.29, 1.82) is 0 Å². The van der Waals surface area contributed by atoms with Crippen molar-refractivity contribution < 1.29 is 17.0 Å². The molecule has 0 fully saturated rings. The van der Waals surface area contributed by atoms with E-state index in [9.17, 15) is 8.60 Å². The molecule has 0 aliphatic rings. The van der Waals surface area contributed by atoms with Gasteiger partial charge in [0.15, 0.2) is 0 Å². The van der Waals surface area contributed by atoms with Crippen molar-refractivity contribution in [2.75, 3.05) is 7.11 Å². The summed E-state index contributed by atoms with van der Waals surface area (Å²) in [5.74, 6) is -0.306. The zero-order valence-electron chi connectivity index (χ0n) is 15.0. The second kappa shape index (κ2) is 8.46. The van der Waals surface area contributed by atoms with Crippen LogP contribution in [0.15, 0.2) is 35.5 Å². The normalized spacial score (nSPS) is 14.2. The van der Waals surface area contributed by atoms with E-state index >= 15 is 0 Å². The molecule has 24 heavy (non-hydrogen) atoms. The van der Waals surface area contributed by atoms with E-state index in [4.69, 9.17) is 4.18 Å². The third kappa shape index (κ3) is 5.19. The second-order valence-corrected chi connectivity index (χ2v) is 6.74. The molecule has 1 aromatic carbocycles. The Morgan fingerprint density at radius 1 is 1.33 bits per heavy atom. The van der Waals surface area contributed by atoms with Crippen LogP contribution in [-0.4, -0.2) is 23.1 Å². The maximum atomic E-state index is 14.2. The van der Waals surface area contributed by atoms with Crippen LogP contribution < -0.4 is 0 Å². The summed E-state index contributed by atoms with van der Waals surface area (Å²) < 4.78 is 35.4. The predicted molar refractivity (Wildman–Crippen MR) is 97.5 cm³/mol. The Balaban J connectivity index is 3.05. The fourth-order valence-corrected chi connectivity index (χ4v) is 2.36. The van der Waals surface area contributed by atoms with Crippen molar-refractivity contribution in [2.45, 2.75) is 40.2 Å². The van der Waals surface area contributed by atoms with Crippen molar-refractivity contribution >= 4 is 23.1 Å². The summed E-state index contributed by atoms with van der Waals surface area (Å²) in [6.07, 6.45) is 3.29. The largest absolute Gasteiger partial charge is 0.305 e. The molecule has 0 spiro atoms. The molecular weight excluding hydrogens is 329 g/mol. The van der Waals surface area contributed by atoms with Gasteiger partial charge in [-0.1, -0.05) is 12.7 Å². The van der Waals surface area contributed by atoms with Crippen molar-refractivity contribution in [3.8, 4) is 0 Å². The number of hydrogen-bond donors (Lipinski definition) is 0. The Labute approximate surface area is 146 Å². The van der Waals surface area contributed by atoms with Crippen molar-refractivity contribution in [3.05, 3.63) is 53.0 Å². The van der Waals surface area contributed by atoms with Gasteiger partial charge in [0.1, 0.15) is 11.4 Å². The molecule has 0 saturated heterocycles. The first-order chi connectivity index (χ1) is 11.1. The molecule has 1 aromatic rings. The van der Waals surface area contributed by atoms with Gasteiger partial charge in [0.25, 0.3) is 0 Å². The van der Waals surface area contributed by atoms with Crippen LogP contribution in [0, 0.1) is 19.7 Å². The number of aryl methyl sites for hydroxylation is 2. The van der Waals surface area contributed by atoms with Gasteiger partial charge in [-0.05, 0) is 63.5 Å². The first kappa shape index (κ1) is 20.4. The smallest absolute Gasteiger partial charge is 0.272 e. The molecule has 1 rings (SSSR count). The van der Waals surface area contributed by atoms with Crippen LogP contribution in [0.2, 0.25) is 0 Å². The fourth-order valence-electron chi connectivity index (χ4n) is 1.86. The van der Waals surface area contributed by atoms with E-state index in [0.717, 1.165) is 11.1 Å². The number of nitrogens with zero attached hydrogens (tertiary/aromatic N) is 1. The Hall–Kier alpha value is -1.63. The Bertz CT molecular complexity index is 708.